The van der Waals surface area contributed by atoms with Gasteiger partial charge < -0.3 is 66.3 Å². The van der Waals surface area contributed by atoms with Gasteiger partial charge in [-0.3, -0.25) is 28.8 Å². The van der Waals surface area contributed by atoms with E-state index in [1.807, 2.05) is 30.3 Å². The molecular formula is C38H50O20. The van der Waals surface area contributed by atoms with Gasteiger partial charge in [-0.15, -0.1) is 0 Å². The van der Waals surface area contributed by atoms with Crippen LogP contribution in [0.4, 0.5) is 0 Å². The van der Waals surface area contributed by atoms with Gasteiger partial charge in [-0.1, -0.05) is 30.3 Å². The number of rotatable bonds is 14. The molecule has 5 rings (SSSR count). The highest BCUT2D eigenvalue weighted by Crippen LogP contribution is 2.40. The molecule has 0 aromatic heterocycles. The fourth-order valence-electron chi connectivity index (χ4n) is 7.13. The smallest absolute Gasteiger partial charge is 0.303 e. The number of benzene rings is 1. The molecule has 20 heteroatoms. The summed E-state index contributed by atoms with van der Waals surface area (Å²) in [5, 5.41) is 0. The Morgan fingerprint density at radius 1 is 0.586 bits per heavy atom. The van der Waals surface area contributed by atoms with E-state index in [2.05, 4.69) is 0 Å². The number of ether oxygens (including phenoxy) is 14. The molecule has 4 aliphatic heterocycles. The summed E-state index contributed by atoms with van der Waals surface area (Å²) in [5.41, 5.74) is 0.685. The van der Waals surface area contributed by atoms with E-state index in [0.29, 0.717) is 5.56 Å². The van der Waals surface area contributed by atoms with E-state index in [0.717, 1.165) is 0 Å². The molecule has 0 spiro atoms. The molecule has 0 N–H and O–H groups in total. The van der Waals surface area contributed by atoms with Crippen LogP contribution in [0.2, 0.25) is 0 Å². The van der Waals surface area contributed by atoms with Crippen molar-refractivity contribution >= 4 is 35.8 Å². The number of fused-ring (bicyclic) bond motifs is 1. The Morgan fingerprint density at radius 2 is 1.07 bits per heavy atom. The average molecular weight is 827 g/mol. The number of hydrogen-bond acceptors (Lipinski definition) is 20. The fourth-order valence-corrected chi connectivity index (χ4v) is 7.13. The van der Waals surface area contributed by atoms with E-state index in [4.69, 9.17) is 66.3 Å². The normalized spacial score (nSPS) is 34.7. The minimum absolute atomic E-state index is 0.0187. The molecule has 1 aromatic carbocycles. The highest BCUT2D eigenvalue weighted by Gasteiger charge is 2.56. The van der Waals surface area contributed by atoms with Crippen LogP contribution in [0.3, 0.4) is 0 Å². The number of carbonyl (C=O) groups is 6. The lowest BCUT2D eigenvalue weighted by atomic mass is 9.96. The van der Waals surface area contributed by atoms with Crippen molar-refractivity contribution in [3.8, 4) is 0 Å². The van der Waals surface area contributed by atoms with Crippen molar-refractivity contribution in [2.24, 2.45) is 0 Å². The predicted octanol–water partition coefficient (Wildman–Crippen LogP) is 1.33. The molecule has 0 bridgehead atoms. The topological polar surface area (TPSA) is 232 Å². The lowest BCUT2D eigenvalue weighted by molar-refractivity contribution is -0.401. The summed E-state index contributed by atoms with van der Waals surface area (Å²) in [4.78, 5) is 72.6. The molecule has 0 amide bonds. The predicted molar refractivity (Wildman–Crippen MR) is 187 cm³/mol. The minimum Gasteiger partial charge on any atom is -0.463 e. The molecule has 0 saturated carbocycles. The van der Waals surface area contributed by atoms with Crippen molar-refractivity contribution < 1.29 is 95.1 Å². The monoisotopic (exact) mass is 826 g/mol. The summed E-state index contributed by atoms with van der Waals surface area (Å²) in [6, 6.07) is 9.09. The standard InChI is InChI=1S/C38H50O20/c1-18(39)46-15-27-32(51-22(5)43)25(49-20(3)41)13-30(53-27)56-35-34-29(17-48-37(58-34)24-11-9-8-10-12-24)55-38(45-7)36(35)57-31-14-26(50-21(4)42)33(52-23(6)44)28(54-31)16-47-19(2)40/h8-12,25-38H,13-17H2,1-7H3/t25-,26-,27-,28-,29-,30-,31-,32-,33-,34-,35+,36-,37?,38+/m1/s1. The zero-order chi connectivity index (χ0) is 42.1. The zero-order valence-electron chi connectivity index (χ0n) is 33.2. The number of hydrogen-bond donors (Lipinski definition) is 0. The summed E-state index contributed by atoms with van der Waals surface area (Å²) in [5.74, 6) is -4.08. The second kappa shape index (κ2) is 20.6. The lowest BCUT2D eigenvalue weighted by Gasteiger charge is -2.51. The van der Waals surface area contributed by atoms with E-state index in [-0.39, 0.29) is 19.4 Å². The van der Waals surface area contributed by atoms with Gasteiger partial charge in [0.15, 0.2) is 37.4 Å². The van der Waals surface area contributed by atoms with Crippen LogP contribution in [0.1, 0.15) is 66.2 Å². The van der Waals surface area contributed by atoms with Crippen LogP contribution in [0.25, 0.3) is 0 Å². The van der Waals surface area contributed by atoms with Crippen LogP contribution in [0.15, 0.2) is 30.3 Å². The van der Waals surface area contributed by atoms with Crippen molar-refractivity contribution in [3.63, 3.8) is 0 Å². The Balaban J connectivity index is 1.51. The molecule has 4 saturated heterocycles. The van der Waals surface area contributed by atoms with Crippen molar-refractivity contribution in [2.45, 2.75) is 141 Å². The van der Waals surface area contributed by atoms with Crippen LogP contribution in [0.5, 0.6) is 0 Å². The Hall–Kier alpha value is -4.28. The maximum Gasteiger partial charge on any atom is 0.303 e. The summed E-state index contributed by atoms with van der Waals surface area (Å²) < 4.78 is 83.0. The lowest BCUT2D eigenvalue weighted by Crippen LogP contribution is -2.66. The van der Waals surface area contributed by atoms with Crippen molar-refractivity contribution in [2.75, 3.05) is 26.9 Å². The minimum atomic E-state index is -1.26. The third-order valence-electron chi connectivity index (χ3n) is 9.31. The molecule has 58 heavy (non-hydrogen) atoms. The van der Waals surface area contributed by atoms with Crippen LogP contribution in [-0.2, 0) is 95.1 Å². The second-order valence-corrected chi connectivity index (χ2v) is 13.9. The molecule has 14 atom stereocenters. The third kappa shape index (κ3) is 12.1. The number of methoxy groups -OCH3 is 1. The van der Waals surface area contributed by atoms with E-state index in [1.54, 1.807) is 0 Å². The van der Waals surface area contributed by atoms with E-state index >= 15 is 0 Å². The van der Waals surface area contributed by atoms with Gasteiger partial charge in [0.25, 0.3) is 0 Å². The van der Waals surface area contributed by atoms with Gasteiger partial charge in [0.05, 0.1) is 6.61 Å². The fraction of sp³-hybridized carbons (Fsp3) is 0.684. The van der Waals surface area contributed by atoms with Crippen molar-refractivity contribution in [3.05, 3.63) is 35.9 Å². The van der Waals surface area contributed by atoms with Crippen LogP contribution in [-0.4, -0.2) is 143 Å². The van der Waals surface area contributed by atoms with Gasteiger partial charge in [0, 0.05) is 67.1 Å². The summed E-state index contributed by atoms with van der Waals surface area (Å²) in [6.45, 7) is 6.29. The summed E-state index contributed by atoms with van der Waals surface area (Å²) in [7, 11) is 1.37. The maximum absolute atomic E-state index is 12.3. The Bertz CT molecular complexity index is 1590. The van der Waals surface area contributed by atoms with E-state index in [9.17, 15) is 28.8 Å². The molecule has 322 valence electrons. The molecule has 1 unspecified atom stereocenters. The Morgan fingerprint density at radius 3 is 1.52 bits per heavy atom. The first-order valence-corrected chi connectivity index (χ1v) is 18.7. The zero-order valence-corrected chi connectivity index (χ0v) is 33.2. The molecule has 0 aliphatic carbocycles. The van der Waals surface area contributed by atoms with Gasteiger partial charge in [0.1, 0.15) is 62.0 Å². The quantitative estimate of drug-likeness (QED) is 0.190. The first-order chi connectivity index (χ1) is 27.6. The highest BCUT2D eigenvalue weighted by atomic mass is 16.8. The van der Waals surface area contributed by atoms with Crippen molar-refractivity contribution in [1.82, 2.24) is 0 Å². The first kappa shape index (κ1) is 44.8. The Kier molecular flexibility index (Phi) is 15.9. The first-order valence-electron chi connectivity index (χ1n) is 18.7. The van der Waals surface area contributed by atoms with Gasteiger partial charge in [-0.25, -0.2) is 0 Å². The van der Waals surface area contributed by atoms with Gasteiger partial charge in [0.2, 0.25) is 0 Å². The molecule has 0 radical (unpaired) electrons. The average Bonchev–Trinajstić information content (AvgIpc) is 3.15. The highest BCUT2D eigenvalue weighted by molar-refractivity contribution is 5.68. The molecule has 1 aromatic rings. The van der Waals surface area contributed by atoms with Crippen molar-refractivity contribution in [1.29, 1.82) is 0 Å². The maximum atomic E-state index is 12.3. The SMILES string of the molecule is CO[C@H]1O[C@@H]2COC(c3ccccc3)O[C@H]2[C@H](O[C@@H]2C[C@@H](OC(C)=O)[C@@H](OC(C)=O)[C@@H](COC(C)=O)O2)[C@H]1O[C@@H]1C[C@@H](OC(C)=O)[C@@H](OC(C)=O)[C@@H](COC(C)=O)O1. The second-order valence-electron chi connectivity index (χ2n) is 13.9. The van der Waals surface area contributed by atoms with Gasteiger partial charge >= 0.3 is 35.8 Å². The molecule has 4 aliphatic rings. The van der Waals surface area contributed by atoms with E-state index < -0.39 is 135 Å². The van der Waals surface area contributed by atoms with Crippen LogP contribution >= 0.6 is 0 Å². The van der Waals surface area contributed by atoms with Gasteiger partial charge in [-0.2, -0.15) is 0 Å². The van der Waals surface area contributed by atoms with Gasteiger partial charge in [-0.05, 0) is 0 Å². The molecule has 4 heterocycles. The van der Waals surface area contributed by atoms with Crippen LogP contribution < -0.4 is 0 Å². The number of carbonyl (C=O) groups excluding carboxylic acids is 6. The van der Waals surface area contributed by atoms with E-state index in [1.165, 1.54) is 48.7 Å². The largest absolute Gasteiger partial charge is 0.463 e. The number of esters is 6. The third-order valence-corrected chi connectivity index (χ3v) is 9.31. The Labute approximate surface area is 334 Å². The summed E-state index contributed by atoms with van der Waals surface area (Å²) >= 11 is 0. The van der Waals surface area contributed by atoms with Crippen LogP contribution in [0, 0.1) is 0 Å². The molecule has 20 nitrogen and oxygen atoms in total. The summed E-state index contributed by atoms with van der Waals surface area (Å²) in [6.07, 6.45) is -16.1. The molecular weight excluding hydrogens is 776 g/mol. The molecule has 4 fully saturated rings.